The van der Waals surface area contributed by atoms with Crippen LogP contribution >= 0.6 is 0 Å². The van der Waals surface area contributed by atoms with E-state index in [-0.39, 0.29) is 29.7 Å². The van der Waals surface area contributed by atoms with E-state index in [0.29, 0.717) is 5.76 Å². The number of furan rings is 1. The minimum absolute atomic E-state index is 0.0511. The lowest BCUT2D eigenvalue weighted by atomic mass is 10.4. The lowest BCUT2D eigenvalue weighted by Gasteiger charge is -2.31. The highest BCUT2D eigenvalue weighted by atomic mass is 32.2. The summed E-state index contributed by atoms with van der Waals surface area (Å²) in [5, 5.41) is -0.195. The molecule has 1 saturated heterocycles. The molecule has 1 unspecified atom stereocenters. The standard InChI is InChI=1S/C10H16N2O5S2/c1-8-7-18(13,14)5-4-12(8)19(15,16)10-3-2-9(6-11)17-10/h2-3,8H,4-7,11H2,1H3. The fraction of sp³-hybridized carbons (Fsp3) is 0.600. The van der Waals surface area contributed by atoms with E-state index in [4.69, 9.17) is 10.2 Å². The Hall–Kier alpha value is -0.900. The molecule has 108 valence electrons. The largest absolute Gasteiger partial charge is 0.447 e. The first-order valence-electron chi connectivity index (χ1n) is 5.77. The van der Waals surface area contributed by atoms with E-state index < -0.39 is 25.9 Å². The quantitative estimate of drug-likeness (QED) is 0.809. The molecule has 0 bridgehead atoms. The Morgan fingerprint density at radius 2 is 2.16 bits per heavy atom. The Morgan fingerprint density at radius 3 is 2.68 bits per heavy atom. The van der Waals surface area contributed by atoms with E-state index in [0.717, 1.165) is 4.31 Å². The highest BCUT2D eigenvalue weighted by Gasteiger charge is 2.37. The number of sulfone groups is 1. The van der Waals surface area contributed by atoms with Crippen molar-refractivity contribution in [2.24, 2.45) is 5.73 Å². The number of nitrogens with two attached hydrogens (primary N) is 1. The van der Waals surface area contributed by atoms with Gasteiger partial charge in [0.1, 0.15) is 5.76 Å². The molecule has 1 aliphatic rings. The topological polar surface area (TPSA) is 111 Å². The van der Waals surface area contributed by atoms with Crippen LogP contribution in [0.4, 0.5) is 0 Å². The van der Waals surface area contributed by atoms with Crippen LogP contribution in [0.1, 0.15) is 12.7 Å². The Morgan fingerprint density at radius 1 is 1.47 bits per heavy atom. The number of sulfonamides is 1. The normalized spacial score (nSPS) is 24.4. The summed E-state index contributed by atoms with van der Waals surface area (Å²) >= 11 is 0. The summed E-state index contributed by atoms with van der Waals surface area (Å²) in [5.74, 6) is 0.0356. The van der Waals surface area contributed by atoms with Crippen LogP contribution in [0, 0.1) is 0 Å². The summed E-state index contributed by atoms with van der Waals surface area (Å²) < 4.78 is 53.9. The molecule has 2 heterocycles. The van der Waals surface area contributed by atoms with Gasteiger partial charge in [-0.3, -0.25) is 0 Å². The molecule has 19 heavy (non-hydrogen) atoms. The molecule has 0 radical (unpaired) electrons. The maximum Gasteiger partial charge on any atom is 0.276 e. The molecule has 1 atom stereocenters. The summed E-state index contributed by atoms with van der Waals surface area (Å²) in [7, 11) is -6.97. The van der Waals surface area contributed by atoms with Gasteiger partial charge >= 0.3 is 0 Å². The van der Waals surface area contributed by atoms with E-state index in [2.05, 4.69) is 0 Å². The summed E-state index contributed by atoms with van der Waals surface area (Å²) in [4.78, 5) is 0. The van der Waals surface area contributed by atoms with Crippen molar-refractivity contribution in [3.05, 3.63) is 17.9 Å². The van der Waals surface area contributed by atoms with Crippen molar-refractivity contribution in [3.63, 3.8) is 0 Å². The monoisotopic (exact) mass is 308 g/mol. The molecule has 2 N–H and O–H groups in total. The lowest BCUT2D eigenvalue weighted by Crippen LogP contribution is -2.49. The SMILES string of the molecule is CC1CS(=O)(=O)CCN1S(=O)(=O)c1ccc(CN)o1. The van der Waals surface area contributed by atoms with Gasteiger partial charge in [-0.15, -0.1) is 0 Å². The number of hydrogen-bond acceptors (Lipinski definition) is 6. The molecule has 2 rings (SSSR count). The van der Waals surface area contributed by atoms with E-state index in [1.807, 2.05) is 0 Å². The molecule has 0 saturated carbocycles. The third kappa shape index (κ3) is 2.83. The highest BCUT2D eigenvalue weighted by molar-refractivity contribution is 7.92. The van der Waals surface area contributed by atoms with E-state index in [1.54, 1.807) is 6.92 Å². The van der Waals surface area contributed by atoms with Crippen molar-refractivity contribution in [1.82, 2.24) is 4.31 Å². The zero-order chi connectivity index (χ0) is 14.3. The van der Waals surface area contributed by atoms with Gasteiger partial charge in [-0.25, -0.2) is 16.8 Å². The highest BCUT2D eigenvalue weighted by Crippen LogP contribution is 2.23. The molecule has 7 nitrogen and oxygen atoms in total. The predicted molar refractivity (Wildman–Crippen MR) is 68.6 cm³/mol. The molecule has 1 aromatic heterocycles. The van der Waals surface area contributed by atoms with Crippen LogP contribution < -0.4 is 5.73 Å². The second-order valence-electron chi connectivity index (χ2n) is 4.50. The minimum atomic E-state index is -3.80. The summed E-state index contributed by atoms with van der Waals surface area (Å²) in [6.07, 6.45) is 0. The first-order valence-corrected chi connectivity index (χ1v) is 9.03. The van der Waals surface area contributed by atoms with Crippen molar-refractivity contribution in [2.45, 2.75) is 24.6 Å². The van der Waals surface area contributed by atoms with Crippen molar-refractivity contribution < 1.29 is 21.3 Å². The van der Waals surface area contributed by atoms with E-state index in [1.165, 1.54) is 12.1 Å². The molecule has 0 amide bonds. The third-order valence-electron chi connectivity index (χ3n) is 3.01. The van der Waals surface area contributed by atoms with Crippen molar-refractivity contribution in [1.29, 1.82) is 0 Å². The first-order chi connectivity index (χ1) is 8.76. The Bertz CT molecular complexity index is 662. The maximum absolute atomic E-state index is 12.3. The molecule has 1 aromatic rings. The summed E-state index contributed by atoms with van der Waals surface area (Å²) in [6.45, 7) is 1.63. The molecule has 0 spiro atoms. The van der Waals surface area contributed by atoms with Crippen LogP contribution in [0.5, 0.6) is 0 Å². The average Bonchev–Trinajstić information content (AvgIpc) is 2.76. The van der Waals surface area contributed by atoms with Crippen molar-refractivity contribution in [2.75, 3.05) is 18.1 Å². The van der Waals surface area contributed by atoms with Gasteiger partial charge in [-0.2, -0.15) is 4.31 Å². The van der Waals surface area contributed by atoms with Crippen LogP contribution in [-0.2, 0) is 26.4 Å². The molecule has 0 aromatic carbocycles. The molecule has 1 fully saturated rings. The third-order valence-corrected chi connectivity index (χ3v) is 6.69. The van der Waals surface area contributed by atoms with Gasteiger partial charge in [0.25, 0.3) is 10.0 Å². The van der Waals surface area contributed by atoms with Gasteiger partial charge in [0.05, 0.1) is 18.1 Å². The Labute approximate surface area is 112 Å². The minimum Gasteiger partial charge on any atom is -0.447 e. The molecular formula is C10H16N2O5S2. The molecule has 0 aliphatic carbocycles. The zero-order valence-corrected chi connectivity index (χ0v) is 12.1. The van der Waals surface area contributed by atoms with Crippen molar-refractivity contribution in [3.8, 4) is 0 Å². The van der Waals surface area contributed by atoms with Gasteiger partial charge < -0.3 is 10.2 Å². The predicted octanol–water partition coefficient (Wildman–Crippen LogP) is -0.454. The van der Waals surface area contributed by atoms with Gasteiger partial charge in [-0.1, -0.05) is 0 Å². The first kappa shape index (κ1) is 14.5. The summed E-state index contributed by atoms with van der Waals surface area (Å²) in [6, 6.07) is 2.24. The molecular weight excluding hydrogens is 292 g/mol. The Balaban J connectivity index is 2.30. The smallest absolute Gasteiger partial charge is 0.276 e. The van der Waals surface area contributed by atoms with Crippen LogP contribution in [0.3, 0.4) is 0 Å². The fourth-order valence-electron chi connectivity index (χ4n) is 2.06. The maximum atomic E-state index is 12.3. The molecule has 9 heteroatoms. The second-order valence-corrected chi connectivity index (χ2v) is 8.55. The average molecular weight is 308 g/mol. The number of nitrogens with zero attached hydrogens (tertiary/aromatic N) is 1. The van der Waals surface area contributed by atoms with Gasteiger partial charge in [0.2, 0.25) is 5.09 Å². The zero-order valence-electron chi connectivity index (χ0n) is 10.4. The van der Waals surface area contributed by atoms with Crippen LogP contribution in [-0.4, -0.2) is 45.2 Å². The Kier molecular flexibility index (Phi) is 3.74. The number of rotatable bonds is 3. The van der Waals surface area contributed by atoms with Crippen molar-refractivity contribution >= 4 is 19.9 Å². The second kappa shape index (κ2) is 4.89. The van der Waals surface area contributed by atoms with Gasteiger partial charge in [0, 0.05) is 12.6 Å². The van der Waals surface area contributed by atoms with Gasteiger partial charge in [-0.05, 0) is 19.1 Å². The molecule has 1 aliphatic heterocycles. The fourth-order valence-corrected chi connectivity index (χ4v) is 5.39. The lowest BCUT2D eigenvalue weighted by molar-refractivity contribution is 0.334. The van der Waals surface area contributed by atoms with E-state index >= 15 is 0 Å². The van der Waals surface area contributed by atoms with Crippen LogP contribution in [0.2, 0.25) is 0 Å². The number of hydrogen-bond donors (Lipinski definition) is 1. The van der Waals surface area contributed by atoms with Crippen LogP contribution in [0.25, 0.3) is 0 Å². The van der Waals surface area contributed by atoms with Gasteiger partial charge in [0.15, 0.2) is 9.84 Å². The van der Waals surface area contributed by atoms with E-state index in [9.17, 15) is 16.8 Å². The van der Waals surface area contributed by atoms with Crippen LogP contribution in [0.15, 0.2) is 21.6 Å². The summed E-state index contributed by atoms with van der Waals surface area (Å²) in [5.41, 5.74) is 5.37.